The van der Waals surface area contributed by atoms with E-state index in [0.29, 0.717) is 11.8 Å². The fourth-order valence-corrected chi connectivity index (χ4v) is 2.33. The molecule has 0 aromatic heterocycles. The minimum Gasteiger partial charge on any atom is -0.452 e. The van der Waals surface area contributed by atoms with E-state index in [0.717, 1.165) is 6.07 Å². The molecule has 0 unspecified atom stereocenters. The first kappa shape index (κ1) is 19.6. The molecule has 2 aromatic carbocycles. The Bertz CT molecular complexity index is 825. The Morgan fingerprint density at radius 2 is 1.85 bits per heavy atom. The van der Waals surface area contributed by atoms with Gasteiger partial charge in [-0.25, -0.2) is 4.79 Å². The third kappa shape index (κ3) is 4.89. The quantitative estimate of drug-likeness (QED) is 0.756. The first-order valence-corrected chi connectivity index (χ1v) is 7.70. The summed E-state index contributed by atoms with van der Waals surface area (Å²) in [5.41, 5.74) is -0.436. The fourth-order valence-electron chi connectivity index (χ4n) is 2.11. The summed E-state index contributed by atoms with van der Waals surface area (Å²) in [6.07, 6.45) is -4.65. The summed E-state index contributed by atoms with van der Waals surface area (Å²) in [5, 5.41) is 4.55. The van der Waals surface area contributed by atoms with Crippen molar-refractivity contribution in [3.8, 4) is 0 Å². The number of carbonyl (C=O) groups is 2. The van der Waals surface area contributed by atoms with E-state index in [1.54, 1.807) is 25.2 Å². The van der Waals surface area contributed by atoms with Crippen molar-refractivity contribution in [3.05, 3.63) is 58.6 Å². The van der Waals surface area contributed by atoms with Crippen LogP contribution >= 0.6 is 11.6 Å². The molecule has 2 N–H and O–H groups in total. The Morgan fingerprint density at radius 1 is 1.15 bits per heavy atom. The topological polar surface area (TPSA) is 67.4 Å². The number of halogens is 4. The molecule has 0 radical (unpaired) electrons. The highest BCUT2D eigenvalue weighted by molar-refractivity contribution is 6.31. The van der Waals surface area contributed by atoms with E-state index in [1.807, 2.05) is 0 Å². The van der Waals surface area contributed by atoms with Crippen LogP contribution in [0.25, 0.3) is 0 Å². The van der Waals surface area contributed by atoms with E-state index in [4.69, 9.17) is 16.3 Å². The standard InChI is InChI=1S/C17H14ClF3N2O3/c1-22-14-5-3-2-4-11(14)16(25)26-9-15(24)23-10-6-7-13(18)12(8-10)17(19,20)21/h2-8,22H,9H2,1H3,(H,23,24). The van der Waals surface area contributed by atoms with Crippen molar-refractivity contribution in [2.45, 2.75) is 6.18 Å². The molecule has 0 saturated heterocycles. The van der Waals surface area contributed by atoms with Gasteiger partial charge < -0.3 is 15.4 Å². The number of amides is 1. The van der Waals surface area contributed by atoms with Crippen LogP contribution in [0.2, 0.25) is 5.02 Å². The molecule has 0 bridgehead atoms. The van der Waals surface area contributed by atoms with E-state index in [-0.39, 0.29) is 11.3 Å². The largest absolute Gasteiger partial charge is 0.452 e. The summed E-state index contributed by atoms with van der Waals surface area (Å²) >= 11 is 5.51. The molecule has 5 nitrogen and oxygen atoms in total. The van der Waals surface area contributed by atoms with Crippen LogP contribution in [0.3, 0.4) is 0 Å². The second-order valence-electron chi connectivity index (χ2n) is 5.11. The van der Waals surface area contributed by atoms with Crippen LogP contribution in [0.5, 0.6) is 0 Å². The number of nitrogens with one attached hydrogen (secondary N) is 2. The molecular weight excluding hydrogens is 373 g/mol. The fraction of sp³-hybridized carbons (Fsp3) is 0.176. The van der Waals surface area contributed by atoms with Gasteiger partial charge in [0.1, 0.15) is 0 Å². The monoisotopic (exact) mass is 386 g/mol. The summed E-state index contributed by atoms with van der Waals surface area (Å²) in [6, 6.07) is 9.46. The number of ether oxygens (including phenoxy) is 1. The van der Waals surface area contributed by atoms with E-state index in [1.165, 1.54) is 12.1 Å². The molecule has 26 heavy (non-hydrogen) atoms. The van der Waals surface area contributed by atoms with Crippen molar-refractivity contribution in [1.29, 1.82) is 0 Å². The molecule has 0 saturated carbocycles. The smallest absolute Gasteiger partial charge is 0.417 e. The Labute approximate surface area is 152 Å². The Kier molecular flexibility index (Phi) is 6.10. The zero-order valence-corrected chi connectivity index (χ0v) is 14.2. The lowest BCUT2D eigenvalue weighted by Crippen LogP contribution is -2.21. The molecule has 0 atom stereocenters. The SMILES string of the molecule is CNc1ccccc1C(=O)OCC(=O)Nc1ccc(Cl)c(C(F)(F)F)c1. The van der Waals surface area contributed by atoms with Crippen LogP contribution in [-0.2, 0) is 15.7 Å². The average Bonchev–Trinajstić information content (AvgIpc) is 2.60. The zero-order chi connectivity index (χ0) is 19.3. The molecule has 0 heterocycles. The molecule has 0 aliphatic carbocycles. The van der Waals surface area contributed by atoms with Gasteiger partial charge in [-0.1, -0.05) is 23.7 Å². The van der Waals surface area contributed by atoms with Gasteiger partial charge in [0.05, 0.1) is 16.1 Å². The van der Waals surface area contributed by atoms with Crippen molar-refractivity contribution in [2.75, 3.05) is 24.3 Å². The lowest BCUT2D eigenvalue weighted by Gasteiger charge is -2.12. The number of anilines is 2. The summed E-state index contributed by atoms with van der Waals surface area (Å²) in [5.74, 6) is -1.52. The minimum atomic E-state index is -4.65. The first-order chi connectivity index (χ1) is 12.2. The van der Waals surface area contributed by atoms with Gasteiger partial charge in [0.2, 0.25) is 0 Å². The van der Waals surface area contributed by atoms with Crippen molar-refractivity contribution in [1.82, 2.24) is 0 Å². The molecular formula is C17H14ClF3N2O3. The highest BCUT2D eigenvalue weighted by atomic mass is 35.5. The van der Waals surface area contributed by atoms with E-state index in [9.17, 15) is 22.8 Å². The number of para-hydroxylation sites is 1. The van der Waals surface area contributed by atoms with Crippen LogP contribution < -0.4 is 10.6 Å². The number of benzene rings is 2. The maximum Gasteiger partial charge on any atom is 0.417 e. The zero-order valence-electron chi connectivity index (χ0n) is 13.5. The van der Waals surface area contributed by atoms with E-state index < -0.39 is 35.2 Å². The molecule has 2 rings (SSSR count). The van der Waals surface area contributed by atoms with Crippen LogP contribution in [0.1, 0.15) is 15.9 Å². The second kappa shape index (κ2) is 8.09. The third-order valence-corrected chi connectivity index (χ3v) is 3.64. The van der Waals surface area contributed by atoms with E-state index in [2.05, 4.69) is 10.6 Å². The Balaban J connectivity index is 2.00. The van der Waals surface area contributed by atoms with Gasteiger partial charge in [-0.15, -0.1) is 0 Å². The molecule has 0 aliphatic rings. The highest BCUT2D eigenvalue weighted by Gasteiger charge is 2.33. The molecule has 0 fully saturated rings. The molecule has 138 valence electrons. The predicted octanol–water partition coefficient (Wildman–Crippen LogP) is 4.20. The Morgan fingerprint density at radius 3 is 2.50 bits per heavy atom. The predicted molar refractivity (Wildman–Crippen MR) is 91.4 cm³/mol. The van der Waals surface area contributed by atoms with Gasteiger partial charge in [0.15, 0.2) is 6.61 Å². The maximum atomic E-state index is 12.8. The summed E-state index contributed by atoms with van der Waals surface area (Å²) < 4.78 is 43.3. The van der Waals surface area contributed by atoms with Crippen LogP contribution in [0.4, 0.5) is 24.5 Å². The first-order valence-electron chi connectivity index (χ1n) is 7.33. The van der Waals surface area contributed by atoms with Crippen molar-refractivity contribution in [3.63, 3.8) is 0 Å². The normalized spacial score (nSPS) is 11.0. The van der Waals surface area contributed by atoms with E-state index >= 15 is 0 Å². The minimum absolute atomic E-state index is 0.113. The van der Waals surface area contributed by atoms with Gasteiger partial charge in [-0.05, 0) is 30.3 Å². The third-order valence-electron chi connectivity index (χ3n) is 3.31. The second-order valence-corrected chi connectivity index (χ2v) is 5.52. The van der Waals surface area contributed by atoms with Crippen LogP contribution in [-0.4, -0.2) is 25.5 Å². The van der Waals surface area contributed by atoms with Gasteiger partial charge in [-0.2, -0.15) is 13.2 Å². The number of carbonyl (C=O) groups excluding carboxylic acids is 2. The summed E-state index contributed by atoms with van der Waals surface area (Å²) in [4.78, 5) is 23.8. The average molecular weight is 387 g/mol. The van der Waals surface area contributed by atoms with Gasteiger partial charge in [0.25, 0.3) is 5.91 Å². The summed E-state index contributed by atoms with van der Waals surface area (Å²) in [6.45, 7) is -0.652. The van der Waals surface area contributed by atoms with Crippen LogP contribution in [0.15, 0.2) is 42.5 Å². The van der Waals surface area contributed by atoms with Gasteiger partial charge >= 0.3 is 12.1 Å². The molecule has 2 aromatic rings. The number of hydrogen-bond donors (Lipinski definition) is 2. The maximum absolute atomic E-state index is 12.8. The highest BCUT2D eigenvalue weighted by Crippen LogP contribution is 2.36. The molecule has 0 aliphatic heterocycles. The number of rotatable bonds is 5. The van der Waals surface area contributed by atoms with Crippen molar-refractivity contribution < 1.29 is 27.5 Å². The summed E-state index contributed by atoms with van der Waals surface area (Å²) in [7, 11) is 1.62. The van der Waals surface area contributed by atoms with Gasteiger partial charge in [-0.3, -0.25) is 4.79 Å². The lowest BCUT2D eigenvalue weighted by atomic mass is 10.2. The van der Waals surface area contributed by atoms with Crippen LogP contribution in [0, 0.1) is 0 Å². The lowest BCUT2D eigenvalue weighted by molar-refractivity contribution is -0.137. The van der Waals surface area contributed by atoms with Crippen molar-refractivity contribution in [2.24, 2.45) is 0 Å². The number of hydrogen-bond acceptors (Lipinski definition) is 4. The molecule has 9 heteroatoms. The number of alkyl halides is 3. The molecule has 0 spiro atoms. The number of esters is 1. The van der Waals surface area contributed by atoms with Crippen molar-refractivity contribution >= 4 is 34.9 Å². The molecule has 1 amide bonds. The Hall–Kier alpha value is -2.74. The van der Waals surface area contributed by atoms with Gasteiger partial charge in [0, 0.05) is 18.4 Å².